The summed E-state index contributed by atoms with van der Waals surface area (Å²) in [5, 5.41) is 4.33. The molecule has 2 aliphatic heterocycles. The van der Waals surface area contributed by atoms with Crippen molar-refractivity contribution in [2.75, 3.05) is 16.4 Å². The van der Waals surface area contributed by atoms with Gasteiger partial charge in [0.15, 0.2) is 0 Å². The molecule has 0 N–H and O–H groups in total. The minimum absolute atomic E-state index is 0.0913. The normalized spacial score (nSPS) is 22.3. The molecule has 2 aromatic carbocycles. The number of benzene rings is 2. The number of aromatic nitrogens is 3. The number of carbonyl (C=O) groups excluding carboxylic acids is 1. The van der Waals surface area contributed by atoms with Crippen molar-refractivity contribution < 1.29 is 17.9 Å². The first-order valence-electron chi connectivity index (χ1n) is 12.4. The highest BCUT2D eigenvalue weighted by atomic mass is 35.5. The van der Waals surface area contributed by atoms with Crippen LogP contribution in [0.1, 0.15) is 55.0 Å². The quantitative estimate of drug-likeness (QED) is 0.314. The first-order chi connectivity index (χ1) is 17.8. The molecule has 0 spiro atoms. The molecule has 0 saturated carbocycles. The van der Waals surface area contributed by atoms with Crippen LogP contribution in [0.4, 0.5) is 10.1 Å². The minimum Gasteiger partial charge on any atom is -0.361 e. The van der Waals surface area contributed by atoms with Crippen LogP contribution in [0.3, 0.4) is 0 Å². The Morgan fingerprint density at radius 2 is 1.89 bits per heavy atom. The fourth-order valence-electron chi connectivity index (χ4n) is 5.76. The van der Waals surface area contributed by atoms with E-state index in [9.17, 15) is 13.4 Å². The first-order valence-corrected chi connectivity index (χ1v) is 14.2. The van der Waals surface area contributed by atoms with Crippen molar-refractivity contribution in [2.45, 2.75) is 51.6 Å². The van der Waals surface area contributed by atoms with Gasteiger partial charge in [0.2, 0.25) is 5.91 Å². The number of amides is 1. The van der Waals surface area contributed by atoms with Crippen LogP contribution in [0.15, 0.2) is 40.9 Å². The lowest BCUT2D eigenvalue weighted by molar-refractivity contribution is -0.117. The molecule has 1 amide bonds. The van der Waals surface area contributed by atoms with Crippen LogP contribution in [0, 0.1) is 19.7 Å². The Balaban J connectivity index is 1.51. The number of hydrogen-bond donors (Lipinski definition) is 0. The van der Waals surface area contributed by atoms with Crippen LogP contribution in [0.25, 0.3) is 22.2 Å². The molecule has 192 valence electrons. The Bertz CT molecular complexity index is 1520. The van der Waals surface area contributed by atoms with Crippen molar-refractivity contribution in [3.8, 4) is 11.1 Å². The molecule has 0 radical (unpaired) electrons. The largest absolute Gasteiger partial charge is 0.361 e. The van der Waals surface area contributed by atoms with E-state index in [1.165, 1.54) is 12.1 Å². The van der Waals surface area contributed by atoms with Gasteiger partial charge in [0.1, 0.15) is 17.4 Å². The summed E-state index contributed by atoms with van der Waals surface area (Å²) in [7, 11) is -0.814. The minimum atomic E-state index is -0.814. The third-order valence-corrected chi connectivity index (χ3v) is 9.00. The van der Waals surface area contributed by atoms with Crippen molar-refractivity contribution in [1.29, 1.82) is 0 Å². The van der Waals surface area contributed by atoms with Crippen LogP contribution < -0.4 is 4.90 Å². The van der Waals surface area contributed by atoms with E-state index in [1.807, 2.05) is 26.0 Å². The van der Waals surface area contributed by atoms with E-state index in [1.54, 1.807) is 11.0 Å². The van der Waals surface area contributed by atoms with Gasteiger partial charge in [-0.2, -0.15) is 0 Å². The van der Waals surface area contributed by atoms with Crippen LogP contribution >= 0.6 is 11.6 Å². The van der Waals surface area contributed by atoms with Gasteiger partial charge in [-0.15, -0.1) is 0 Å². The lowest BCUT2D eigenvalue weighted by atomic mass is 10.0. The van der Waals surface area contributed by atoms with Crippen LogP contribution in [0.5, 0.6) is 0 Å². The summed E-state index contributed by atoms with van der Waals surface area (Å²) >= 11 is 6.15. The molecule has 4 aromatic rings. The highest BCUT2D eigenvalue weighted by Gasteiger charge is 2.38. The molecule has 10 heteroatoms. The zero-order chi connectivity index (χ0) is 25.8. The van der Waals surface area contributed by atoms with Gasteiger partial charge in [0.25, 0.3) is 0 Å². The Labute approximate surface area is 221 Å². The zero-order valence-electron chi connectivity index (χ0n) is 20.5. The molecule has 0 aliphatic carbocycles. The van der Waals surface area contributed by atoms with E-state index in [-0.39, 0.29) is 23.0 Å². The summed E-state index contributed by atoms with van der Waals surface area (Å²) < 4.78 is 34.0. The summed E-state index contributed by atoms with van der Waals surface area (Å²) in [6, 6.07) is 10.1. The maximum atomic E-state index is 14.3. The number of nitrogens with zero attached hydrogens (tertiary/aromatic N) is 4. The van der Waals surface area contributed by atoms with Gasteiger partial charge in [-0.1, -0.05) is 22.8 Å². The highest BCUT2D eigenvalue weighted by Crippen LogP contribution is 2.42. The van der Waals surface area contributed by atoms with Crippen molar-refractivity contribution in [3.05, 3.63) is 64.5 Å². The maximum Gasteiger partial charge on any atom is 0.227 e. The molecule has 4 heterocycles. The summed E-state index contributed by atoms with van der Waals surface area (Å²) in [4.78, 5) is 19.8. The molecule has 2 aromatic heterocycles. The SMILES string of the molecule is Cc1noc(C)c1-c1ccc2c(c1)nc([C@@H]1CCC(=O)N1c1cc(F)cc(Cl)c1)n2C1CCS(=O)CC1. The Morgan fingerprint density at radius 3 is 2.59 bits per heavy atom. The third-order valence-electron chi connectivity index (χ3n) is 7.40. The number of rotatable bonds is 4. The monoisotopic (exact) mass is 540 g/mol. The number of aryl methyl sites for hydroxylation is 2. The molecule has 0 unspecified atom stereocenters. The molecule has 0 bridgehead atoms. The Kier molecular flexibility index (Phi) is 6.15. The average Bonchev–Trinajstić information content (AvgIpc) is 3.52. The molecule has 37 heavy (non-hydrogen) atoms. The zero-order valence-corrected chi connectivity index (χ0v) is 22.1. The highest BCUT2D eigenvalue weighted by molar-refractivity contribution is 7.85. The van der Waals surface area contributed by atoms with E-state index < -0.39 is 16.6 Å². The van der Waals surface area contributed by atoms with Crippen molar-refractivity contribution in [1.82, 2.24) is 14.7 Å². The van der Waals surface area contributed by atoms with Crippen molar-refractivity contribution in [3.63, 3.8) is 0 Å². The summed E-state index contributed by atoms with van der Waals surface area (Å²) in [5.41, 5.74) is 4.90. The van der Waals surface area contributed by atoms with Gasteiger partial charge >= 0.3 is 0 Å². The maximum absolute atomic E-state index is 14.3. The summed E-state index contributed by atoms with van der Waals surface area (Å²) in [6.07, 6.45) is 2.43. The topological polar surface area (TPSA) is 81.2 Å². The van der Waals surface area contributed by atoms with E-state index in [4.69, 9.17) is 21.1 Å². The second-order valence-corrected chi connectivity index (χ2v) is 11.9. The predicted octanol–water partition coefficient (Wildman–Crippen LogP) is 6.05. The van der Waals surface area contributed by atoms with Crippen molar-refractivity contribution in [2.24, 2.45) is 0 Å². The molecule has 6 rings (SSSR count). The van der Waals surface area contributed by atoms with Crippen LogP contribution in [0.2, 0.25) is 5.02 Å². The van der Waals surface area contributed by atoms with E-state index >= 15 is 0 Å². The number of halogens is 2. The number of carbonyl (C=O) groups is 1. The van der Waals surface area contributed by atoms with Crippen LogP contribution in [-0.4, -0.2) is 36.3 Å². The van der Waals surface area contributed by atoms with E-state index in [2.05, 4.69) is 15.8 Å². The first kappa shape index (κ1) is 24.3. The van der Waals surface area contributed by atoms with Gasteiger partial charge in [0, 0.05) is 51.0 Å². The predicted molar refractivity (Wildman–Crippen MR) is 142 cm³/mol. The number of anilines is 1. The summed E-state index contributed by atoms with van der Waals surface area (Å²) in [6.45, 7) is 3.80. The summed E-state index contributed by atoms with van der Waals surface area (Å²) in [5.74, 6) is 2.18. The van der Waals surface area contributed by atoms with Crippen LogP contribution in [-0.2, 0) is 15.6 Å². The lowest BCUT2D eigenvalue weighted by Crippen LogP contribution is -2.31. The smallest absolute Gasteiger partial charge is 0.227 e. The Hall–Kier alpha value is -3.04. The van der Waals surface area contributed by atoms with Gasteiger partial charge in [-0.25, -0.2) is 9.37 Å². The number of hydrogen-bond acceptors (Lipinski definition) is 5. The lowest BCUT2D eigenvalue weighted by Gasteiger charge is -2.30. The van der Waals surface area contributed by atoms with Gasteiger partial charge in [-0.05, 0) is 69.0 Å². The number of fused-ring (bicyclic) bond motifs is 1. The second-order valence-electron chi connectivity index (χ2n) is 9.77. The fourth-order valence-corrected chi connectivity index (χ4v) is 7.25. The average molecular weight is 541 g/mol. The van der Waals surface area contributed by atoms with Gasteiger partial charge in [-0.3, -0.25) is 9.00 Å². The molecule has 7 nitrogen and oxygen atoms in total. The molecule has 1 atom stereocenters. The van der Waals surface area contributed by atoms with Gasteiger partial charge < -0.3 is 14.0 Å². The molecular weight excluding hydrogens is 515 g/mol. The van der Waals surface area contributed by atoms with Gasteiger partial charge in [0.05, 0.1) is 22.8 Å². The van der Waals surface area contributed by atoms with Crippen molar-refractivity contribution >= 4 is 45.0 Å². The molecule has 2 aliphatic rings. The number of imidazole rings is 1. The molecule has 2 saturated heterocycles. The Morgan fingerprint density at radius 1 is 1.11 bits per heavy atom. The standard InChI is InChI=1S/C27H26ClFN4O3S/c1-15-26(16(2)36-31-15)17-3-4-23-22(11-17)30-27(33(23)20-7-9-37(35)10-8-20)24-5-6-25(34)32(24)21-13-18(28)12-19(29)14-21/h3-4,11-14,20,24H,5-10H2,1-2H3/t20?,24-,37?/m0/s1. The second kappa shape index (κ2) is 9.36. The third kappa shape index (κ3) is 4.28. The van der Waals surface area contributed by atoms with E-state index in [0.717, 1.165) is 52.3 Å². The molecular formula is C27H26ClFN4O3S. The van der Waals surface area contributed by atoms with E-state index in [0.29, 0.717) is 30.0 Å². The fraction of sp³-hybridized carbons (Fsp3) is 0.370. The molecule has 2 fully saturated rings.